The molecule has 166 valence electrons. The topological polar surface area (TPSA) is 114 Å². The minimum absolute atomic E-state index is 0.00445. The van der Waals surface area contributed by atoms with Gasteiger partial charge in [-0.2, -0.15) is 0 Å². The van der Waals surface area contributed by atoms with E-state index in [1.54, 1.807) is 12.1 Å². The van der Waals surface area contributed by atoms with Gasteiger partial charge >= 0.3 is 0 Å². The molecular weight excluding hydrogens is 404 g/mol. The summed E-state index contributed by atoms with van der Waals surface area (Å²) >= 11 is 0. The van der Waals surface area contributed by atoms with Crippen LogP contribution >= 0.6 is 0 Å². The van der Waals surface area contributed by atoms with Crippen LogP contribution in [-0.2, 0) is 30.3 Å². The first-order chi connectivity index (χ1) is 15.1. The number of benzene rings is 1. The van der Waals surface area contributed by atoms with Gasteiger partial charge in [-0.05, 0) is 24.1 Å². The van der Waals surface area contributed by atoms with Crippen molar-refractivity contribution in [2.24, 2.45) is 0 Å². The second kappa shape index (κ2) is 11.6. The number of nitrogens with one attached hydrogen (secondary N) is 1. The molecule has 1 saturated heterocycles. The van der Waals surface area contributed by atoms with Crippen LogP contribution in [-0.4, -0.2) is 80.0 Å². The van der Waals surface area contributed by atoms with Crippen molar-refractivity contribution >= 4 is 17.7 Å². The van der Waals surface area contributed by atoms with E-state index in [0.717, 1.165) is 11.1 Å². The number of amides is 3. The second-order valence-corrected chi connectivity index (χ2v) is 7.03. The number of imide groups is 1. The standard InChI is InChI=1S/C22H26N2O7/c25-8-10-30-12-14-31-13-11-29-9-2-4-16-3-1-5-17-18(16)15-24(22(17)28)19-6-7-20(26)23-21(19)27/h1,3,5,19,25H,6-15H2,(H,23,26,27). The van der Waals surface area contributed by atoms with E-state index in [0.29, 0.717) is 51.6 Å². The predicted molar refractivity (Wildman–Crippen MR) is 109 cm³/mol. The number of piperidine rings is 1. The van der Waals surface area contributed by atoms with E-state index in [2.05, 4.69) is 17.2 Å². The first-order valence-corrected chi connectivity index (χ1v) is 10.2. The first kappa shape index (κ1) is 22.9. The highest BCUT2D eigenvalue weighted by Crippen LogP contribution is 2.29. The van der Waals surface area contributed by atoms with Gasteiger partial charge in [0.2, 0.25) is 11.8 Å². The number of fused-ring (bicyclic) bond motifs is 1. The molecule has 1 aromatic carbocycles. The summed E-state index contributed by atoms with van der Waals surface area (Å²) in [4.78, 5) is 37.8. The Hall–Kier alpha value is -2.77. The Morgan fingerprint density at radius 1 is 1.06 bits per heavy atom. The summed E-state index contributed by atoms with van der Waals surface area (Å²) in [5.74, 6) is 5.02. The molecule has 9 heteroatoms. The maximum atomic E-state index is 12.8. The third-order valence-corrected chi connectivity index (χ3v) is 4.96. The summed E-state index contributed by atoms with van der Waals surface area (Å²) in [6, 6.07) is 4.69. The fraction of sp³-hybridized carbons (Fsp3) is 0.500. The zero-order valence-electron chi connectivity index (χ0n) is 17.2. The summed E-state index contributed by atoms with van der Waals surface area (Å²) in [7, 11) is 0. The lowest BCUT2D eigenvalue weighted by Crippen LogP contribution is -2.52. The zero-order chi connectivity index (χ0) is 22.1. The van der Waals surface area contributed by atoms with Gasteiger partial charge in [-0.25, -0.2) is 0 Å². The Balaban J connectivity index is 1.48. The summed E-state index contributed by atoms with van der Waals surface area (Å²) in [6.45, 7) is 2.48. The predicted octanol–water partition coefficient (Wildman–Crippen LogP) is -0.159. The molecule has 3 amide bonds. The number of hydrogen-bond donors (Lipinski definition) is 2. The van der Waals surface area contributed by atoms with Crippen molar-refractivity contribution in [1.29, 1.82) is 0 Å². The lowest BCUT2D eigenvalue weighted by molar-refractivity contribution is -0.136. The molecule has 2 aliphatic rings. The van der Waals surface area contributed by atoms with Crippen molar-refractivity contribution in [3.8, 4) is 11.8 Å². The fourth-order valence-corrected chi connectivity index (χ4v) is 3.46. The summed E-state index contributed by atoms with van der Waals surface area (Å²) < 4.78 is 15.8. The minimum atomic E-state index is -0.643. The molecule has 2 heterocycles. The first-order valence-electron chi connectivity index (χ1n) is 10.2. The number of carbonyl (C=O) groups excluding carboxylic acids is 3. The van der Waals surface area contributed by atoms with E-state index < -0.39 is 11.9 Å². The molecule has 0 aromatic heterocycles. The molecule has 31 heavy (non-hydrogen) atoms. The zero-order valence-corrected chi connectivity index (χ0v) is 17.2. The van der Waals surface area contributed by atoms with Gasteiger partial charge in [0.1, 0.15) is 12.6 Å². The van der Waals surface area contributed by atoms with E-state index in [4.69, 9.17) is 19.3 Å². The molecule has 0 saturated carbocycles. The molecule has 2 aliphatic heterocycles. The summed E-state index contributed by atoms with van der Waals surface area (Å²) in [5, 5.41) is 10.9. The molecule has 1 fully saturated rings. The second-order valence-electron chi connectivity index (χ2n) is 7.03. The van der Waals surface area contributed by atoms with Crippen molar-refractivity contribution in [2.45, 2.75) is 25.4 Å². The molecule has 0 spiro atoms. The Labute approximate surface area is 180 Å². The fourth-order valence-electron chi connectivity index (χ4n) is 3.46. The van der Waals surface area contributed by atoms with Gasteiger partial charge < -0.3 is 24.2 Å². The highest BCUT2D eigenvalue weighted by molar-refractivity contribution is 6.05. The van der Waals surface area contributed by atoms with Gasteiger partial charge in [-0.3, -0.25) is 19.7 Å². The summed E-state index contributed by atoms with van der Waals surface area (Å²) in [5.41, 5.74) is 2.05. The van der Waals surface area contributed by atoms with Crippen LogP contribution < -0.4 is 5.32 Å². The van der Waals surface area contributed by atoms with Crippen LogP contribution in [0, 0.1) is 11.8 Å². The van der Waals surface area contributed by atoms with Crippen LogP contribution in [0.4, 0.5) is 0 Å². The monoisotopic (exact) mass is 430 g/mol. The molecule has 0 radical (unpaired) electrons. The number of carbonyl (C=O) groups is 3. The van der Waals surface area contributed by atoms with E-state index in [1.165, 1.54) is 4.90 Å². The largest absolute Gasteiger partial charge is 0.394 e. The Bertz CT molecular complexity index is 874. The molecule has 1 atom stereocenters. The molecular formula is C22H26N2O7. The van der Waals surface area contributed by atoms with Crippen LogP contribution in [0.15, 0.2) is 18.2 Å². The van der Waals surface area contributed by atoms with Crippen LogP contribution in [0.2, 0.25) is 0 Å². The van der Waals surface area contributed by atoms with Crippen molar-refractivity contribution in [3.05, 3.63) is 34.9 Å². The van der Waals surface area contributed by atoms with Crippen molar-refractivity contribution < 1.29 is 33.7 Å². The average molecular weight is 430 g/mol. The molecule has 1 aromatic rings. The van der Waals surface area contributed by atoms with Gasteiger partial charge in [0, 0.05) is 24.1 Å². The lowest BCUT2D eigenvalue weighted by atomic mass is 10.0. The van der Waals surface area contributed by atoms with Gasteiger partial charge in [-0.1, -0.05) is 17.9 Å². The van der Waals surface area contributed by atoms with Crippen LogP contribution in [0.25, 0.3) is 0 Å². The lowest BCUT2D eigenvalue weighted by Gasteiger charge is -2.29. The van der Waals surface area contributed by atoms with E-state index >= 15 is 0 Å². The Kier molecular flexibility index (Phi) is 8.55. The number of rotatable bonds is 10. The van der Waals surface area contributed by atoms with Crippen molar-refractivity contribution in [1.82, 2.24) is 10.2 Å². The van der Waals surface area contributed by atoms with Crippen molar-refractivity contribution in [2.75, 3.05) is 46.2 Å². The maximum Gasteiger partial charge on any atom is 0.255 e. The van der Waals surface area contributed by atoms with E-state index in [1.807, 2.05) is 6.07 Å². The molecule has 2 N–H and O–H groups in total. The molecule has 0 bridgehead atoms. The Morgan fingerprint density at radius 2 is 1.81 bits per heavy atom. The number of hydrogen-bond acceptors (Lipinski definition) is 7. The molecule has 3 rings (SSSR count). The molecule has 9 nitrogen and oxygen atoms in total. The van der Waals surface area contributed by atoms with Gasteiger partial charge in [0.05, 0.1) is 39.6 Å². The smallest absolute Gasteiger partial charge is 0.255 e. The van der Waals surface area contributed by atoms with Crippen LogP contribution in [0.3, 0.4) is 0 Å². The third kappa shape index (κ3) is 6.12. The Morgan fingerprint density at radius 3 is 2.55 bits per heavy atom. The van der Waals surface area contributed by atoms with E-state index in [9.17, 15) is 14.4 Å². The molecule has 0 aliphatic carbocycles. The van der Waals surface area contributed by atoms with Crippen LogP contribution in [0.5, 0.6) is 0 Å². The quantitative estimate of drug-likeness (QED) is 0.301. The van der Waals surface area contributed by atoms with Gasteiger partial charge in [-0.15, -0.1) is 0 Å². The van der Waals surface area contributed by atoms with Crippen molar-refractivity contribution in [3.63, 3.8) is 0 Å². The number of aliphatic hydroxyl groups excluding tert-OH is 1. The SMILES string of the molecule is O=C1CCC(N2Cc3c(C#CCOCCOCCOCCO)cccc3C2=O)C(=O)N1. The third-order valence-electron chi connectivity index (χ3n) is 4.96. The number of ether oxygens (including phenoxy) is 3. The van der Waals surface area contributed by atoms with Gasteiger partial charge in [0.15, 0.2) is 0 Å². The highest BCUT2D eigenvalue weighted by atomic mass is 16.5. The normalized spacial score (nSPS) is 17.9. The van der Waals surface area contributed by atoms with Crippen LogP contribution in [0.1, 0.15) is 34.3 Å². The number of aliphatic hydroxyl groups is 1. The van der Waals surface area contributed by atoms with E-state index in [-0.39, 0.29) is 31.4 Å². The number of nitrogens with zero attached hydrogens (tertiary/aromatic N) is 1. The van der Waals surface area contributed by atoms with Gasteiger partial charge in [0.25, 0.3) is 5.91 Å². The average Bonchev–Trinajstić information content (AvgIpc) is 3.09. The minimum Gasteiger partial charge on any atom is -0.394 e. The maximum absolute atomic E-state index is 12.8. The highest BCUT2D eigenvalue weighted by Gasteiger charge is 2.39. The summed E-state index contributed by atoms with van der Waals surface area (Å²) in [6.07, 6.45) is 0.550. The molecule has 1 unspecified atom stereocenters.